The molecule has 25 heavy (non-hydrogen) atoms. The van der Waals surface area contributed by atoms with Gasteiger partial charge in [-0.05, 0) is 44.0 Å². The second kappa shape index (κ2) is 5.60. The molecule has 0 amide bonds. The molecule has 132 valence electrons. The Labute approximate surface area is 145 Å². The van der Waals surface area contributed by atoms with Crippen LogP contribution in [0.5, 0.6) is 5.75 Å². The van der Waals surface area contributed by atoms with Gasteiger partial charge in [0.1, 0.15) is 16.3 Å². The fourth-order valence-corrected chi connectivity index (χ4v) is 5.17. The zero-order valence-corrected chi connectivity index (χ0v) is 15.0. The minimum Gasteiger partial charge on any atom is -0.497 e. The van der Waals surface area contributed by atoms with Crippen molar-refractivity contribution in [1.82, 2.24) is 14.9 Å². The first kappa shape index (κ1) is 16.2. The lowest BCUT2D eigenvalue weighted by Gasteiger charge is -2.12. The molecular weight excluding hydrogens is 342 g/mol. The van der Waals surface area contributed by atoms with Crippen molar-refractivity contribution in [2.24, 2.45) is 0 Å². The number of ether oxygens (including phenoxy) is 1. The number of benzene rings is 1. The highest BCUT2D eigenvalue weighted by Gasteiger charge is 2.32. The summed E-state index contributed by atoms with van der Waals surface area (Å²) in [6, 6.07) is 5.67. The van der Waals surface area contributed by atoms with E-state index in [-0.39, 0.29) is 10.9 Å². The van der Waals surface area contributed by atoms with Gasteiger partial charge in [-0.3, -0.25) is 0 Å². The topological polar surface area (TPSA) is 97.2 Å². The van der Waals surface area contributed by atoms with Crippen LogP contribution in [-0.2, 0) is 22.9 Å². The third kappa shape index (κ3) is 2.61. The smallest absolute Gasteiger partial charge is 0.246 e. The Balaban J connectivity index is 1.62. The summed E-state index contributed by atoms with van der Waals surface area (Å²) in [5.41, 5.74) is 3.62. The van der Waals surface area contributed by atoms with Crippen LogP contribution >= 0.6 is 0 Å². The molecule has 0 bridgehead atoms. The average Bonchev–Trinajstić information content (AvgIpc) is 3.19. The zero-order chi connectivity index (χ0) is 17.8. The molecule has 1 aromatic carbocycles. The predicted octanol–water partition coefficient (Wildman–Crippen LogP) is 2.23. The van der Waals surface area contributed by atoms with E-state index in [2.05, 4.69) is 14.9 Å². The molecule has 2 aromatic heterocycles. The van der Waals surface area contributed by atoms with Crippen LogP contribution in [0.15, 0.2) is 27.6 Å². The van der Waals surface area contributed by atoms with Crippen LogP contribution < -0.4 is 9.46 Å². The van der Waals surface area contributed by atoms with Crippen molar-refractivity contribution >= 4 is 20.9 Å². The SMILES string of the molecule is COc1ccc2[nH]c3c(c2c1)CC(NS(=O)(=O)c1c(C)noc1C)C3. The van der Waals surface area contributed by atoms with Crippen molar-refractivity contribution in [3.05, 3.63) is 40.9 Å². The minimum atomic E-state index is -3.67. The summed E-state index contributed by atoms with van der Waals surface area (Å²) in [5, 5.41) is 4.81. The van der Waals surface area contributed by atoms with E-state index in [1.165, 1.54) is 0 Å². The van der Waals surface area contributed by atoms with E-state index in [1.807, 2.05) is 18.2 Å². The lowest BCUT2D eigenvalue weighted by atomic mass is 10.1. The number of aromatic nitrogens is 2. The quantitative estimate of drug-likeness (QED) is 0.743. The molecule has 0 aliphatic heterocycles. The van der Waals surface area contributed by atoms with Crippen LogP contribution in [0.3, 0.4) is 0 Å². The van der Waals surface area contributed by atoms with Crippen LogP contribution in [0.25, 0.3) is 10.9 Å². The number of methoxy groups -OCH3 is 1. The summed E-state index contributed by atoms with van der Waals surface area (Å²) in [7, 11) is -2.03. The number of aryl methyl sites for hydroxylation is 2. The van der Waals surface area contributed by atoms with Crippen molar-refractivity contribution in [3.8, 4) is 5.75 Å². The molecule has 2 N–H and O–H groups in total. The Kier molecular flexibility index (Phi) is 3.62. The van der Waals surface area contributed by atoms with Gasteiger partial charge in [-0.25, -0.2) is 13.1 Å². The lowest BCUT2D eigenvalue weighted by molar-refractivity contribution is 0.390. The number of hydrogen-bond acceptors (Lipinski definition) is 5. The van der Waals surface area contributed by atoms with Gasteiger partial charge in [0.2, 0.25) is 10.0 Å². The van der Waals surface area contributed by atoms with Crippen molar-refractivity contribution in [3.63, 3.8) is 0 Å². The third-order valence-electron chi connectivity index (χ3n) is 4.66. The summed E-state index contributed by atoms with van der Waals surface area (Å²) in [4.78, 5) is 3.51. The Bertz CT molecular complexity index is 1050. The summed E-state index contributed by atoms with van der Waals surface area (Å²) in [5.74, 6) is 1.09. The van der Waals surface area contributed by atoms with Crippen molar-refractivity contribution < 1.29 is 17.7 Å². The second-order valence-electron chi connectivity index (χ2n) is 6.37. The largest absolute Gasteiger partial charge is 0.497 e. The third-order valence-corrected chi connectivity index (χ3v) is 6.43. The average molecular weight is 361 g/mol. The number of rotatable bonds is 4. The highest BCUT2D eigenvalue weighted by molar-refractivity contribution is 7.89. The van der Waals surface area contributed by atoms with Gasteiger partial charge in [0.05, 0.1) is 7.11 Å². The molecule has 2 heterocycles. The highest BCUT2D eigenvalue weighted by Crippen LogP contribution is 2.33. The van der Waals surface area contributed by atoms with E-state index in [4.69, 9.17) is 9.26 Å². The Morgan fingerprint density at radius 1 is 1.32 bits per heavy atom. The summed E-state index contributed by atoms with van der Waals surface area (Å²) < 4.78 is 38.4. The van der Waals surface area contributed by atoms with Gasteiger partial charge < -0.3 is 14.2 Å². The van der Waals surface area contributed by atoms with E-state index in [1.54, 1.807) is 21.0 Å². The second-order valence-corrected chi connectivity index (χ2v) is 8.02. The monoisotopic (exact) mass is 361 g/mol. The number of sulfonamides is 1. The summed E-state index contributed by atoms with van der Waals surface area (Å²) >= 11 is 0. The van der Waals surface area contributed by atoms with E-state index in [0.717, 1.165) is 27.9 Å². The van der Waals surface area contributed by atoms with Crippen molar-refractivity contribution in [2.75, 3.05) is 7.11 Å². The molecule has 3 aromatic rings. The highest BCUT2D eigenvalue weighted by atomic mass is 32.2. The van der Waals surface area contributed by atoms with Crippen molar-refractivity contribution in [1.29, 1.82) is 0 Å². The molecule has 8 heteroatoms. The first-order valence-electron chi connectivity index (χ1n) is 8.01. The number of hydrogen-bond donors (Lipinski definition) is 2. The van der Waals surface area contributed by atoms with Gasteiger partial charge in [-0.1, -0.05) is 5.16 Å². The lowest BCUT2D eigenvalue weighted by Crippen LogP contribution is -2.35. The van der Waals surface area contributed by atoms with Crippen molar-refractivity contribution in [2.45, 2.75) is 37.6 Å². The maximum absolute atomic E-state index is 12.7. The first-order valence-corrected chi connectivity index (χ1v) is 9.50. The number of aromatic amines is 1. The number of nitrogens with zero attached hydrogens (tertiary/aromatic N) is 1. The van der Waals surface area contributed by atoms with Crippen LogP contribution in [-0.4, -0.2) is 31.7 Å². The molecular formula is C17H19N3O4S. The number of H-pyrrole nitrogens is 1. The molecule has 1 aliphatic carbocycles. The molecule has 0 radical (unpaired) electrons. The molecule has 0 saturated carbocycles. The number of fused-ring (bicyclic) bond motifs is 3. The fraction of sp³-hybridized carbons (Fsp3) is 0.353. The Hall–Kier alpha value is -2.32. The van der Waals surface area contributed by atoms with Gasteiger partial charge in [0, 0.05) is 29.1 Å². The van der Waals surface area contributed by atoms with Gasteiger partial charge in [0.25, 0.3) is 0 Å². The van der Waals surface area contributed by atoms with Gasteiger partial charge in [-0.15, -0.1) is 0 Å². The van der Waals surface area contributed by atoms with Gasteiger partial charge >= 0.3 is 0 Å². The van der Waals surface area contributed by atoms with E-state index >= 15 is 0 Å². The van der Waals surface area contributed by atoms with Gasteiger partial charge in [-0.2, -0.15) is 0 Å². The molecule has 1 aliphatic rings. The van der Waals surface area contributed by atoms with Crippen LogP contribution in [0.1, 0.15) is 22.7 Å². The molecule has 1 unspecified atom stereocenters. The summed E-state index contributed by atoms with van der Waals surface area (Å²) in [6.45, 7) is 3.23. The molecule has 4 rings (SSSR count). The van der Waals surface area contributed by atoms with Crippen LogP contribution in [0.2, 0.25) is 0 Å². The number of nitrogens with one attached hydrogen (secondary N) is 2. The van der Waals surface area contributed by atoms with E-state index < -0.39 is 10.0 Å². The first-order chi connectivity index (χ1) is 11.9. The maximum atomic E-state index is 12.7. The molecule has 1 atom stereocenters. The fourth-order valence-electron chi connectivity index (χ4n) is 3.60. The maximum Gasteiger partial charge on any atom is 0.246 e. The molecule has 0 fully saturated rings. The molecule has 0 saturated heterocycles. The van der Waals surface area contributed by atoms with E-state index in [9.17, 15) is 8.42 Å². The van der Waals surface area contributed by atoms with E-state index in [0.29, 0.717) is 24.3 Å². The summed E-state index contributed by atoms with van der Waals surface area (Å²) in [6.07, 6.45) is 1.25. The minimum absolute atomic E-state index is 0.134. The standard InChI is InChI=1S/C17H19N3O4S/c1-9-17(10(2)24-19-9)25(21,22)20-11-6-13-14-8-12(23-3)4-5-15(14)18-16(13)7-11/h4-5,8,11,18,20H,6-7H2,1-3H3. The molecule has 0 spiro atoms. The zero-order valence-electron chi connectivity index (χ0n) is 14.2. The Morgan fingerprint density at radius 2 is 2.12 bits per heavy atom. The Morgan fingerprint density at radius 3 is 2.80 bits per heavy atom. The molecule has 7 nitrogen and oxygen atoms in total. The van der Waals surface area contributed by atoms with Crippen LogP contribution in [0, 0.1) is 13.8 Å². The predicted molar refractivity (Wildman–Crippen MR) is 92.3 cm³/mol. The van der Waals surface area contributed by atoms with Gasteiger partial charge in [0.15, 0.2) is 5.76 Å². The normalized spacial score (nSPS) is 17.2. The van der Waals surface area contributed by atoms with Crippen LogP contribution in [0.4, 0.5) is 0 Å².